The van der Waals surface area contributed by atoms with Crippen LogP contribution in [0.1, 0.15) is 12.5 Å². The monoisotopic (exact) mass is 250 g/mol. The Balaban J connectivity index is 3.05. The molecular formula is C13H15FN2O2. The zero-order valence-electron chi connectivity index (χ0n) is 10.5. The van der Waals surface area contributed by atoms with Crippen LogP contribution in [0.5, 0.6) is 0 Å². The first-order valence-corrected chi connectivity index (χ1v) is 5.36. The minimum absolute atomic E-state index is 0.152. The molecule has 1 rings (SSSR count). The Morgan fingerprint density at radius 3 is 2.22 bits per heavy atom. The number of nitrogens with one attached hydrogen (secondary N) is 1. The Labute approximate surface area is 105 Å². The molecule has 0 aliphatic rings. The molecule has 0 aromatic heterocycles. The predicted octanol–water partition coefficient (Wildman–Crippen LogP) is 1.39. The van der Waals surface area contributed by atoms with Crippen molar-refractivity contribution in [2.24, 2.45) is 0 Å². The van der Waals surface area contributed by atoms with Gasteiger partial charge < -0.3 is 10.2 Å². The van der Waals surface area contributed by atoms with Gasteiger partial charge in [0.15, 0.2) is 0 Å². The molecule has 1 aromatic carbocycles. The maximum absolute atomic E-state index is 12.8. The fourth-order valence-electron chi connectivity index (χ4n) is 1.31. The summed E-state index contributed by atoms with van der Waals surface area (Å²) in [5.41, 5.74) is 0.787. The van der Waals surface area contributed by atoms with Crippen LogP contribution >= 0.6 is 0 Å². The van der Waals surface area contributed by atoms with Crippen LogP contribution in [0, 0.1) is 5.82 Å². The Bertz CT molecular complexity index is 478. The van der Waals surface area contributed by atoms with E-state index in [1.165, 1.54) is 42.2 Å². The van der Waals surface area contributed by atoms with Gasteiger partial charge in [-0.2, -0.15) is 0 Å². The zero-order chi connectivity index (χ0) is 13.7. The number of nitrogens with zero attached hydrogens (tertiary/aromatic N) is 1. The fourth-order valence-corrected chi connectivity index (χ4v) is 1.31. The molecule has 0 atom stereocenters. The fraction of sp³-hybridized carbons (Fsp3) is 0.231. The van der Waals surface area contributed by atoms with E-state index in [0.29, 0.717) is 5.56 Å². The van der Waals surface area contributed by atoms with Crippen LogP contribution in [0.4, 0.5) is 4.39 Å². The van der Waals surface area contributed by atoms with Crippen LogP contribution in [0.3, 0.4) is 0 Å². The molecule has 1 N–H and O–H groups in total. The molecule has 5 heteroatoms. The minimum Gasteiger partial charge on any atom is -0.344 e. The van der Waals surface area contributed by atoms with E-state index in [1.807, 2.05) is 0 Å². The van der Waals surface area contributed by atoms with Crippen molar-refractivity contribution >= 4 is 17.9 Å². The van der Waals surface area contributed by atoms with Crippen molar-refractivity contribution < 1.29 is 14.0 Å². The Morgan fingerprint density at radius 1 is 1.22 bits per heavy atom. The SMILES string of the molecule is CC(=O)N/C(=C/c1ccc(F)cc1)C(=O)N(C)C. The number of carbonyl (C=O) groups is 2. The van der Waals surface area contributed by atoms with E-state index in [-0.39, 0.29) is 23.3 Å². The van der Waals surface area contributed by atoms with Gasteiger partial charge in [-0.3, -0.25) is 9.59 Å². The second-order valence-electron chi connectivity index (χ2n) is 3.99. The summed E-state index contributed by atoms with van der Waals surface area (Å²) in [4.78, 5) is 24.2. The molecule has 0 spiro atoms. The maximum Gasteiger partial charge on any atom is 0.269 e. The van der Waals surface area contributed by atoms with E-state index < -0.39 is 0 Å². The van der Waals surface area contributed by atoms with Gasteiger partial charge in [0.05, 0.1) is 0 Å². The highest BCUT2D eigenvalue weighted by Gasteiger charge is 2.12. The third kappa shape index (κ3) is 4.01. The van der Waals surface area contributed by atoms with E-state index in [4.69, 9.17) is 0 Å². The standard InChI is InChI=1S/C13H15FN2O2/c1-9(17)15-12(13(18)16(2)3)8-10-4-6-11(14)7-5-10/h4-8H,1-3H3,(H,15,17)/b12-8+. The van der Waals surface area contributed by atoms with Gasteiger partial charge in [0.1, 0.15) is 11.5 Å². The van der Waals surface area contributed by atoms with Crippen molar-refractivity contribution in [3.05, 3.63) is 41.3 Å². The highest BCUT2D eigenvalue weighted by molar-refractivity contribution is 6.00. The van der Waals surface area contributed by atoms with Crippen molar-refractivity contribution in [3.63, 3.8) is 0 Å². The van der Waals surface area contributed by atoms with E-state index in [0.717, 1.165) is 0 Å². The van der Waals surface area contributed by atoms with Gasteiger partial charge in [0.2, 0.25) is 5.91 Å². The van der Waals surface area contributed by atoms with Crippen molar-refractivity contribution in [1.82, 2.24) is 10.2 Å². The number of halogens is 1. The van der Waals surface area contributed by atoms with E-state index >= 15 is 0 Å². The summed E-state index contributed by atoms with van der Waals surface area (Å²) in [6.07, 6.45) is 1.50. The molecular weight excluding hydrogens is 235 g/mol. The molecule has 2 amide bonds. The Kier molecular flexibility index (Phi) is 4.59. The van der Waals surface area contributed by atoms with Gasteiger partial charge in [-0.05, 0) is 23.8 Å². The van der Waals surface area contributed by atoms with Gasteiger partial charge in [0, 0.05) is 21.0 Å². The zero-order valence-corrected chi connectivity index (χ0v) is 10.5. The smallest absolute Gasteiger partial charge is 0.269 e. The number of hydrogen-bond acceptors (Lipinski definition) is 2. The van der Waals surface area contributed by atoms with Crippen molar-refractivity contribution in [1.29, 1.82) is 0 Å². The molecule has 0 bridgehead atoms. The van der Waals surface area contributed by atoms with Crippen LogP contribution in [-0.2, 0) is 9.59 Å². The molecule has 18 heavy (non-hydrogen) atoms. The van der Waals surface area contributed by atoms with Crippen molar-refractivity contribution in [2.45, 2.75) is 6.92 Å². The quantitative estimate of drug-likeness (QED) is 0.824. The lowest BCUT2D eigenvalue weighted by Crippen LogP contribution is -2.33. The molecule has 0 aliphatic carbocycles. The molecule has 0 unspecified atom stereocenters. The predicted molar refractivity (Wildman–Crippen MR) is 66.9 cm³/mol. The molecule has 0 aliphatic heterocycles. The summed E-state index contributed by atoms with van der Waals surface area (Å²) < 4.78 is 12.8. The van der Waals surface area contributed by atoms with Gasteiger partial charge in [-0.1, -0.05) is 12.1 Å². The van der Waals surface area contributed by atoms with Crippen molar-refractivity contribution in [3.8, 4) is 0 Å². The van der Waals surface area contributed by atoms with E-state index in [1.54, 1.807) is 14.1 Å². The highest BCUT2D eigenvalue weighted by atomic mass is 19.1. The lowest BCUT2D eigenvalue weighted by molar-refractivity contribution is -0.127. The summed E-state index contributed by atoms with van der Waals surface area (Å²) in [5.74, 6) is -1.01. The summed E-state index contributed by atoms with van der Waals surface area (Å²) in [6.45, 7) is 1.32. The normalized spacial score (nSPS) is 11.0. The molecule has 0 heterocycles. The first-order valence-electron chi connectivity index (χ1n) is 5.36. The lowest BCUT2D eigenvalue weighted by Gasteiger charge is -2.13. The molecule has 96 valence electrons. The maximum atomic E-state index is 12.8. The average molecular weight is 250 g/mol. The number of rotatable bonds is 3. The molecule has 0 fully saturated rings. The van der Waals surface area contributed by atoms with E-state index in [2.05, 4.69) is 5.32 Å². The van der Waals surface area contributed by atoms with Crippen LogP contribution < -0.4 is 5.32 Å². The van der Waals surface area contributed by atoms with Crippen LogP contribution in [0.25, 0.3) is 6.08 Å². The van der Waals surface area contributed by atoms with Gasteiger partial charge >= 0.3 is 0 Å². The number of benzene rings is 1. The third-order valence-corrected chi connectivity index (χ3v) is 2.13. The first kappa shape index (κ1) is 13.9. The Hall–Kier alpha value is -2.17. The summed E-state index contributed by atoms with van der Waals surface area (Å²) >= 11 is 0. The highest BCUT2D eigenvalue weighted by Crippen LogP contribution is 2.08. The van der Waals surface area contributed by atoms with Crippen LogP contribution in [0.15, 0.2) is 30.0 Å². The Morgan fingerprint density at radius 2 is 1.78 bits per heavy atom. The largest absolute Gasteiger partial charge is 0.344 e. The topological polar surface area (TPSA) is 49.4 Å². The average Bonchev–Trinajstić information content (AvgIpc) is 2.29. The second-order valence-corrected chi connectivity index (χ2v) is 3.99. The number of hydrogen-bond donors (Lipinski definition) is 1. The summed E-state index contributed by atoms with van der Waals surface area (Å²) in [7, 11) is 3.17. The minimum atomic E-state index is -0.354. The van der Waals surface area contributed by atoms with Crippen LogP contribution in [-0.4, -0.2) is 30.8 Å². The molecule has 0 radical (unpaired) electrons. The first-order chi connectivity index (χ1) is 8.40. The number of likely N-dealkylation sites (N-methyl/N-ethyl adjacent to an activating group) is 1. The molecule has 4 nitrogen and oxygen atoms in total. The lowest BCUT2D eigenvalue weighted by atomic mass is 10.2. The van der Waals surface area contributed by atoms with Gasteiger partial charge in [-0.25, -0.2) is 4.39 Å². The number of carbonyl (C=O) groups excluding carboxylic acids is 2. The second kappa shape index (κ2) is 5.95. The van der Waals surface area contributed by atoms with Crippen LogP contribution in [0.2, 0.25) is 0 Å². The molecule has 0 saturated heterocycles. The van der Waals surface area contributed by atoms with Gasteiger partial charge in [0.25, 0.3) is 5.91 Å². The third-order valence-electron chi connectivity index (χ3n) is 2.13. The number of amides is 2. The van der Waals surface area contributed by atoms with Gasteiger partial charge in [-0.15, -0.1) is 0 Å². The summed E-state index contributed by atoms with van der Waals surface area (Å²) in [6, 6.07) is 5.63. The van der Waals surface area contributed by atoms with E-state index in [9.17, 15) is 14.0 Å². The van der Waals surface area contributed by atoms with Crippen molar-refractivity contribution in [2.75, 3.05) is 14.1 Å². The molecule has 0 saturated carbocycles. The molecule has 1 aromatic rings. The summed E-state index contributed by atoms with van der Waals surface area (Å²) in [5, 5.41) is 2.46.